The Morgan fingerprint density at radius 3 is 2.59 bits per heavy atom. The van der Waals surface area contributed by atoms with Gasteiger partial charge in [-0.25, -0.2) is 0 Å². The van der Waals surface area contributed by atoms with Crippen molar-refractivity contribution < 1.29 is 4.74 Å². The number of pyridine rings is 1. The highest BCUT2D eigenvalue weighted by molar-refractivity contribution is 5.64. The Bertz CT molecular complexity index is 506. The summed E-state index contributed by atoms with van der Waals surface area (Å²) < 4.78 is 5.19. The van der Waals surface area contributed by atoms with Crippen LogP contribution in [0.4, 0.5) is 0 Å². The normalized spacial score (nSPS) is 10.6. The minimum atomic E-state index is 0.536. The molecule has 0 saturated carbocycles. The standard InChI is InChI=1S/C15H17NO/c1-11(2)12-5-4-6-13(7-12)14-8-15(17-3)10-16-9-14/h4-11H,1-3H3. The number of ether oxygens (including phenoxy) is 1. The fraction of sp³-hybridized carbons (Fsp3) is 0.267. The molecule has 0 radical (unpaired) electrons. The first-order valence-corrected chi connectivity index (χ1v) is 5.80. The molecule has 0 unspecified atom stereocenters. The van der Waals surface area contributed by atoms with Gasteiger partial charge in [0.05, 0.1) is 13.3 Å². The highest BCUT2D eigenvalue weighted by Gasteiger charge is 2.03. The van der Waals surface area contributed by atoms with E-state index in [1.165, 1.54) is 11.1 Å². The van der Waals surface area contributed by atoms with Gasteiger partial charge < -0.3 is 4.74 Å². The Labute approximate surface area is 102 Å². The molecule has 0 bridgehead atoms. The maximum absolute atomic E-state index is 5.19. The van der Waals surface area contributed by atoms with E-state index in [1.54, 1.807) is 13.3 Å². The fourth-order valence-electron chi connectivity index (χ4n) is 1.77. The van der Waals surface area contributed by atoms with E-state index in [0.717, 1.165) is 11.3 Å². The Kier molecular flexibility index (Phi) is 3.43. The summed E-state index contributed by atoms with van der Waals surface area (Å²) in [6.07, 6.45) is 3.58. The van der Waals surface area contributed by atoms with E-state index in [-0.39, 0.29) is 0 Å². The molecule has 0 aliphatic carbocycles. The first-order valence-electron chi connectivity index (χ1n) is 5.80. The maximum atomic E-state index is 5.19. The molecule has 0 atom stereocenters. The number of hydrogen-bond acceptors (Lipinski definition) is 2. The minimum absolute atomic E-state index is 0.536. The Balaban J connectivity index is 2.41. The summed E-state index contributed by atoms with van der Waals surface area (Å²) in [5.41, 5.74) is 3.61. The molecule has 0 N–H and O–H groups in total. The van der Waals surface area contributed by atoms with Crippen molar-refractivity contribution in [2.24, 2.45) is 0 Å². The van der Waals surface area contributed by atoms with Crippen LogP contribution in [0.1, 0.15) is 25.3 Å². The van der Waals surface area contributed by atoms with Gasteiger partial charge in [-0.05, 0) is 23.1 Å². The van der Waals surface area contributed by atoms with Gasteiger partial charge in [0.25, 0.3) is 0 Å². The lowest BCUT2D eigenvalue weighted by Gasteiger charge is -2.08. The van der Waals surface area contributed by atoms with Crippen molar-refractivity contribution in [1.82, 2.24) is 4.98 Å². The van der Waals surface area contributed by atoms with Crippen LogP contribution in [0.3, 0.4) is 0 Å². The van der Waals surface area contributed by atoms with E-state index < -0.39 is 0 Å². The lowest BCUT2D eigenvalue weighted by molar-refractivity contribution is 0.413. The van der Waals surface area contributed by atoms with Crippen molar-refractivity contribution in [3.05, 3.63) is 48.3 Å². The Hall–Kier alpha value is -1.83. The van der Waals surface area contributed by atoms with Crippen LogP contribution in [0.5, 0.6) is 5.75 Å². The molecule has 17 heavy (non-hydrogen) atoms. The summed E-state index contributed by atoms with van der Waals surface area (Å²) in [6, 6.07) is 10.6. The molecule has 1 aromatic carbocycles. The summed E-state index contributed by atoms with van der Waals surface area (Å²) in [5, 5.41) is 0. The third-order valence-electron chi connectivity index (χ3n) is 2.84. The second-order valence-electron chi connectivity index (χ2n) is 4.39. The van der Waals surface area contributed by atoms with E-state index in [1.807, 2.05) is 12.3 Å². The number of aromatic nitrogens is 1. The second kappa shape index (κ2) is 5.00. The van der Waals surface area contributed by atoms with Crippen LogP contribution in [0.15, 0.2) is 42.7 Å². The SMILES string of the molecule is COc1cncc(-c2cccc(C(C)C)c2)c1. The first-order chi connectivity index (χ1) is 8.20. The van der Waals surface area contributed by atoms with Crippen molar-refractivity contribution in [2.75, 3.05) is 7.11 Å². The van der Waals surface area contributed by atoms with Crippen molar-refractivity contribution in [2.45, 2.75) is 19.8 Å². The Morgan fingerprint density at radius 1 is 1.06 bits per heavy atom. The molecule has 0 aliphatic rings. The van der Waals surface area contributed by atoms with Crippen LogP contribution in [0, 0.1) is 0 Å². The largest absolute Gasteiger partial charge is 0.495 e. The number of hydrogen-bond donors (Lipinski definition) is 0. The van der Waals surface area contributed by atoms with E-state index in [0.29, 0.717) is 5.92 Å². The lowest BCUT2D eigenvalue weighted by atomic mass is 9.98. The molecular formula is C15H17NO. The zero-order valence-electron chi connectivity index (χ0n) is 10.5. The number of rotatable bonds is 3. The summed E-state index contributed by atoms with van der Waals surface area (Å²) in [5.74, 6) is 1.32. The molecule has 1 heterocycles. The van der Waals surface area contributed by atoms with Gasteiger partial charge in [0.2, 0.25) is 0 Å². The van der Waals surface area contributed by atoms with Crippen LogP contribution in [-0.2, 0) is 0 Å². The van der Waals surface area contributed by atoms with Gasteiger partial charge in [-0.3, -0.25) is 4.98 Å². The zero-order valence-corrected chi connectivity index (χ0v) is 10.5. The van der Waals surface area contributed by atoms with Crippen LogP contribution < -0.4 is 4.74 Å². The van der Waals surface area contributed by atoms with Crippen molar-refractivity contribution in [3.63, 3.8) is 0 Å². The number of nitrogens with zero attached hydrogens (tertiary/aromatic N) is 1. The second-order valence-corrected chi connectivity index (χ2v) is 4.39. The molecule has 2 aromatic rings. The number of methoxy groups -OCH3 is 1. The monoisotopic (exact) mass is 227 g/mol. The molecule has 2 rings (SSSR count). The fourth-order valence-corrected chi connectivity index (χ4v) is 1.77. The van der Waals surface area contributed by atoms with Crippen molar-refractivity contribution >= 4 is 0 Å². The molecule has 88 valence electrons. The van der Waals surface area contributed by atoms with E-state index >= 15 is 0 Å². The molecule has 0 fully saturated rings. The van der Waals surface area contributed by atoms with Crippen LogP contribution in [-0.4, -0.2) is 12.1 Å². The Morgan fingerprint density at radius 2 is 1.88 bits per heavy atom. The van der Waals surface area contributed by atoms with Gasteiger partial charge in [-0.2, -0.15) is 0 Å². The van der Waals surface area contributed by atoms with Gasteiger partial charge in [0, 0.05) is 11.8 Å². The summed E-state index contributed by atoms with van der Waals surface area (Å²) in [4.78, 5) is 4.18. The molecule has 0 spiro atoms. The maximum Gasteiger partial charge on any atom is 0.137 e. The topological polar surface area (TPSA) is 22.1 Å². The zero-order chi connectivity index (χ0) is 12.3. The summed E-state index contributed by atoms with van der Waals surface area (Å²) in [7, 11) is 1.66. The minimum Gasteiger partial charge on any atom is -0.495 e. The predicted molar refractivity (Wildman–Crippen MR) is 70.3 cm³/mol. The lowest BCUT2D eigenvalue weighted by Crippen LogP contribution is -1.89. The van der Waals surface area contributed by atoms with Crippen LogP contribution in [0.2, 0.25) is 0 Å². The van der Waals surface area contributed by atoms with Gasteiger partial charge >= 0.3 is 0 Å². The first kappa shape index (κ1) is 11.6. The average Bonchev–Trinajstić information content (AvgIpc) is 2.39. The molecular weight excluding hydrogens is 210 g/mol. The molecule has 2 nitrogen and oxygen atoms in total. The van der Waals surface area contributed by atoms with Crippen molar-refractivity contribution in [3.8, 4) is 16.9 Å². The van der Waals surface area contributed by atoms with Crippen molar-refractivity contribution in [1.29, 1.82) is 0 Å². The molecule has 0 aliphatic heterocycles. The van der Waals surface area contributed by atoms with E-state index in [2.05, 4.69) is 43.1 Å². The molecule has 1 aromatic heterocycles. The third kappa shape index (κ3) is 2.64. The summed E-state index contributed by atoms with van der Waals surface area (Å²) >= 11 is 0. The van der Waals surface area contributed by atoms with E-state index in [4.69, 9.17) is 4.74 Å². The average molecular weight is 227 g/mol. The molecule has 0 saturated heterocycles. The molecule has 0 amide bonds. The number of benzene rings is 1. The third-order valence-corrected chi connectivity index (χ3v) is 2.84. The van der Waals surface area contributed by atoms with E-state index in [9.17, 15) is 0 Å². The summed E-state index contributed by atoms with van der Waals surface area (Å²) in [6.45, 7) is 4.39. The quantitative estimate of drug-likeness (QED) is 0.793. The molecule has 2 heteroatoms. The van der Waals surface area contributed by atoms with Crippen LogP contribution in [0.25, 0.3) is 11.1 Å². The highest BCUT2D eigenvalue weighted by Crippen LogP contribution is 2.25. The predicted octanol–water partition coefficient (Wildman–Crippen LogP) is 3.88. The highest BCUT2D eigenvalue weighted by atomic mass is 16.5. The van der Waals surface area contributed by atoms with Gasteiger partial charge in [0.1, 0.15) is 5.75 Å². The smallest absolute Gasteiger partial charge is 0.137 e. The van der Waals surface area contributed by atoms with Crippen LogP contribution >= 0.6 is 0 Å². The van der Waals surface area contributed by atoms with Gasteiger partial charge in [0.15, 0.2) is 0 Å². The van der Waals surface area contributed by atoms with Gasteiger partial charge in [-0.15, -0.1) is 0 Å². The van der Waals surface area contributed by atoms with Gasteiger partial charge in [-0.1, -0.05) is 38.1 Å².